The van der Waals surface area contributed by atoms with Gasteiger partial charge < -0.3 is 30.4 Å². The van der Waals surface area contributed by atoms with Gasteiger partial charge in [0.2, 0.25) is 0 Å². The molecule has 8 rings (SSSR count). The molecule has 6 heterocycles. The lowest BCUT2D eigenvalue weighted by Gasteiger charge is -2.07. The first kappa shape index (κ1) is 28.3. The molecular formula is C32H26N10O4. The number of carbonyl (C=O) groups is 2. The molecule has 6 aromatic rings. The predicted molar refractivity (Wildman–Crippen MR) is 173 cm³/mol. The van der Waals surface area contributed by atoms with E-state index in [1.165, 1.54) is 29.8 Å². The molecule has 228 valence electrons. The van der Waals surface area contributed by atoms with E-state index in [2.05, 4.69) is 50.5 Å². The molecule has 2 aliphatic heterocycles. The van der Waals surface area contributed by atoms with Crippen LogP contribution >= 0.6 is 0 Å². The molecular weight excluding hydrogens is 588 g/mol. The molecule has 0 bridgehead atoms. The minimum Gasteiger partial charge on any atom is -0.477 e. The van der Waals surface area contributed by atoms with Crippen molar-refractivity contribution in [2.75, 3.05) is 17.2 Å². The Morgan fingerprint density at radius 1 is 0.761 bits per heavy atom. The quantitative estimate of drug-likeness (QED) is 0.150. The number of nitrogens with one attached hydrogen (secondary N) is 4. The van der Waals surface area contributed by atoms with Crippen molar-refractivity contribution >= 4 is 69.4 Å². The Kier molecular flexibility index (Phi) is 7.34. The topological polar surface area (TPSA) is 196 Å². The summed E-state index contributed by atoms with van der Waals surface area (Å²) in [5.41, 5.74) is 7.85. The van der Waals surface area contributed by atoms with Gasteiger partial charge in [-0.25, -0.2) is 29.5 Å². The third kappa shape index (κ3) is 5.61. The van der Waals surface area contributed by atoms with Crippen LogP contribution in [0.25, 0.3) is 22.1 Å². The highest BCUT2D eigenvalue weighted by Crippen LogP contribution is 2.28. The second-order valence-electron chi connectivity index (χ2n) is 10.4. The van der Waals surface area contributed by atoms with Crippen LogP contribution in [0.1, 0.15) is 50.2 Å². The Morgan fingerprint density at radius 2 is 1.28 bits per heavy atom. The lowest BCUT2D eigenvalue weighted by atomic mass is 10.1. The summed E-state index contributed by atoms with van der Waals surface area (Å²) in [6.07, 6.45) is 6.55. The van der Waals surface area contributed by atoms with Crippen molar-refractivity contribution in [2.45, 2.75) is 20.0 Å². The van der Waals surface area contributed by atoms with Crippen molar-refractivity contribution in [3.63, 3.8) is 0 Å². The highest BCUT2D eigenvalue weighted by atomic mass is 16.5. The summed E-state index contributed by atoms with van der Waals surface area (Å²) in [5.74, 6) is -0.252. The van der Waals surface area contributed by atoms with Crippen LogP contribution in [0.15, 0.2) is 71.2 Å². The Morgan fingerprint density at radius 3 is 1.80 bits per heavy atom. The first-order chi connectivity index (χ1) is 22.4. The minimum atomic E-state index is -1.03. The van der Waals surface area contributed by atoms with Gasteiger partial charge in [0.1, 0.15) is 47.0 Å². The number of aromatic carboxylic acids is 1. The minimum absolute atomic E-state index is 0.0830. The number of benzene rings is 2. The maximum atomic E-state index is 11.9. The summed E-state index contributed by atoms with van der Waals surface area (Å²) in [6, 6.07) is 15.2. The second kappa shape index (κ2) is 11.9. The van der Waals surface area contributed by atoms with Gasteiger partial charge in [-0.1, -0.05) is 12.1 Å². The zero-order chi connectivity index (χ0) is 31.6. The van der Waals surface area contributed by atoms with E-state index in [-0.39, 0.29) is 5.69 Å². The lowest BCUT2D eigenvalue weighted by Crippen LogP contribution is -2.04. The number of esters is 1. The van der Waals surface area contributed by atoms with Crippen molar-refractivity contribution in [1.82, 2.24) is 29.9 Å². The van der Waals surface area contributed by atoms with E-state index >= 15 is 0 Å². The van der Waals surface area contributed by atoms with Gasteiger partial charge in [-0.15, -0.1) is 0 Å². The summed E-state index contributed by atoms with van der Waals surface area (Å²) >= 11 is 0. The smallest absolute Gasteiger partial charge is 0.354 e. The van der Waals surface area contributed by atoms with Crippen molar-refractivity contribution in [2.24, 2.45) is 9.98 Å². The number of carboxylic acid groups (broad SMARTS) is 1. The van der Waals surface area contributed by atoms with Crippen LogP contribution in [0, 0.1) is 0 Å². The number of aromatic nitrogens is 6. The monoisotopic (exact) mass is 614 g/mol. The van der Waals surface area contributed by atoms with Gasteiger partial charge in [-0.05, 0) is 65.6 Å². The van der Waals surface area contributed by atoms with E-state index < -0.39 is 11.9 Å². The predicted octanol–water partition coefficient (Wildman–Crippen LogP) is 5.14. The van der Waals surface area contributed by atoms with E-state index in [1.54, 1.807) is 13.0 Å². The molecule has 2 aromatic carbocycles. The zero-order valence-electron chi connectivity index (χ0n) is 24.4. The highest BCUT2D eigenvalue weighted by molar-refractivity contribution is 5.99. The molecule has 0 amide bonds. The van der Waals surface area contributed by atoms with Crippen LogP contribution in [-0.4, -0.2) is 66.0 Å². The van der Waals surface area contributed by atoms with Crippen molar-refractivity contribution in [3.05, 3.63) is 94.8 Å². The van der Waals surface area contributed by atoms with Gasteiger partial charge in [0.15, 0.2) is 0 Å². The van der Waals surface area contributed by atoms with Crippen LogP contribution in [0.4, 0.5) is 23.0 Å². The fourth-order valence-corrected chi connectivity index (χ4v) is 5.14. The summed E-state index contributed by atoms with van der Waals surface area (Å²) in [5, 5.41) is 16.9. The fraction of sp³-hybridized carbons (Fsp3) is 0.125. The molecule has 14 nitrogen and oxygen atoms in total. The largest absolute Gasteiger partial charge is 0.477 e. The number of rotatable bonds is 7. The molecule has 0 radical (unpaired) electrons. The average molecular weight is 615 g/mol. The Bertz CT molecular complexity index is 2200. The lowest BCUT2D eigenvalue weighted by molar-refractivity contribution is 0.0520. The Balaban J connectivity index is 0.000000147. The molecule has 2 aliphatic rings. The van der Waals surface area contributed by atoms with Crippen LogP contribution in [0.3, 0.4) is 0 Å². The standard InChI is InChI=1S/C17H15N5O2.C15H11N5O2/c1-2-24-17(23)14-6-13-15(19-9-20-16(13)22-14)21-12-4-3-10-7-18-8-11(10)5-12;21-15(22)12-4-11-13(17-7-18-14(11)20-12)19-10-2-1-8-5-16-6-9(8)3-10/h3-6,8-9H,2,7H2,1H3,(H2,19,20,21,22);1-4,6-7H,5H2,(H,21,22)(H2,17,18,19,20). The third-order valence-corrected chi connectivity index (χ3v) is 7.38. The first-order valence-corrected chi connectivity index (χ1v) is 14.3. The van der Waals surface area contributed by atoms with Gasteiger partial charge in [0, 0.05) is 23.8 Å². The maximum Gasteiger partial charge on any atom is 0.354 e. The number of ether oxygens (including phenoxy) is 1. The van der Waals surface area contributed by atoms with E-state index in [0.29, 0.717) is 47.2 Å². The van der Waals surface area contributed by atoms with Crippen LogP contribution < -0.4 is 10.6 Å². The van der Waals surface area contributed by atoms with Gasteiger partial charge >= 0.3 is 11.9 Å². The number of hydrogen-bond donors (Lipinski definition) is 5. The molecule has 46 heavy (non-hydrogen) atoms. The number of nitrogens with zero attached hydrogens (tertiary/aromatic N) is 6. The second-order valence-corrected chi connectivity index (χ2v) is 10.4. The van der Waals surface area contributed by atoms with Gasteiger partial charge in [0.05, 0.1) is 30.5 Å². The Hall–Kier alpha value is -6.44. The molecule has 4 aromatic heterocycles. The van der Waals surface area contributed by atoms with E-state index in [1.807, 2.05) is 48.8 Å². The number of carbonyl (C=O) groups excluding carboxylic acids is 1. The molecule has 0 saturated heterocycles. The zero-order valence-corrected chi connectivity index (χ0v) is 24.4. The number of carboxylic acids is 1. The van der Waals surface area contributed by atoms with E-state index in [9.17, 15) is 9.59 Å². The summed E-state index contributed by atoms with van der Waals surface area (Å²) in [4.78, 5) is 53.8. The molecule has 5 N–H and O–H groups in total. The number of aromatic amines is 2. The van der Waals surface area contributed by atoms with Gasteiger partial charge in [-0.2, -0.15) is 0 Å². The van der Waals surface area contributed by atoms with Crippen LogP contribution in [-0.2, 0) is 17.8 Å². The third-order valence-electron chi connectivity index (χ3n) is 7.38. The van der Waals surface area contributed by atoms with E-state index in [4.69, 9.17) is 9.84 Å². The molecule has 14 heteroatoms. The first-order valence-electron chi connectivity index (χ1n) is 14.3. The van der Waals surface area contributed by atoms with Gasteiger partial charge in [0.25, 0.3) is 0 Å². The van der Waals surface area contributed by atoms with Crippen LogP contribution in [0.2, 0.25) is 0 Å². The Labute approximate surface area is 260 Å². The summed E-state index contributed by atoms with van der Waals surface area (Å²) in [6.45, 7) is 3.54. The van der Waals surface area contributed by atoms with Crippen molar-refractivity contribution in [3.8, 4) is 0 Å². The molecule has 0 atom stereocenters. The summed E-state index contributed by atoms with van der Waals surface area (Å²) < 4.78 is 5.01. The van der Waals surface area contributed by atoms with Crippen molar-refractivity contribution in [1.29, 1.82) is 0 Å². The van der Waals surface area contributed by atoms with Crippen LogP contribution in [0.5, 0.6) is 0 Å². The summed E-state index contributed by atoms with van der Waals surface area (Å²) in [7, 11) is 0. The normalized spacial score (nSPS) is 12.5. The number of H-pyrrole nitrogens is 2. The molecule has 0 saturated carbocycles. The molecule has 0 fully saturated rings. The maximum absolute atomic E-state index is 11.9. The van der Waals surface area contributed by atoms with Crippen molar-refractivity contribution < 1.29 is 19.4 Å². The highest BCUT2D eigenvalue weighted by Gasteiger charge is 2.16. The number of anilines is 4. The number of hydrogen-bond acceptors (Lipinski definition) is 11. The molecule has 0 unspecified atom stereocenters. The SMILES string of the molecule is CCOC(=O)c1cc2c(Nc3ccc4c(c3)C=NC4)ncnc2[nH]1.O=C(O)c1cc2c(Nc3ccc4c(c3)C=NC4)ncnc2[nH]1. The molecule has 0 aliphatic carbocycles. The fourth-order valence-electron chi connectivity index (χ4n) is 5.14. The molecule has 0 spiro atoms. The average Bonchev–Trinajstić information content (AvgIpc) is 3.87. The number of fused-ring (bicyclic) bond motifs is 4. The van der Waals surface area contributed by atoms with Gasteiger partial charge in [-0.3, -0.25) is 9.98 Å². The van der Waals surface area contributed by atoms with E-state index in [0.717, 1.165) is 34.4 Å². The number of aliphatic imine (C=N–C) groups is 2.